The van der Waals surface area contributed by atoms with Gasteiger partial charge in [-0.15, -0.1) is 5.10 Å². The minimum Gasteiger partial charge on any atom is -0.379 e. The zero-order valence-corrected chi connectivity index (χ0v) is 24.1. The number of benzene rings is 3. The number of hydrogen-bond donors (Lipinski definition) is 2. The zero-order valence-electron chi connectivity index (χ0n) is 21.7. The Balaban J connectivity index is 1.42. The van der Waals surface area contributed by atoms with Gasteiger partial charge in [-0.2, -0.15) is 5.26 Å². The second-order valence-electron chi connectivity index (χ2n) is 9.50. The van der Waals surface area contributed by atoms with Gasteiger partial charge in [-0.1, -0.05) is 47.1 Å². The predicted molar refractivity (Wildman–Crippen MR) is 159 cm³/mol. The third-order valence-electron chi connectivity index (χ3n) is 6.31. The average Bonchev–Trinajstić information content (AvgIpc) is 3.42. The first-order valence-corrected chi connectivity index (χ1v) is 13.6. The van der Waals surface area contributed by atoms with Crippen molar-refractivity contribution in [1.82, 2.24) is 24.9 Å². The van der Waals surface area contributed by atoms with Gasteiger partial charge >= 0.3 is 0 Å². The van der Waals surface area contributed by atoms with Gasteiger partial charge in [0.2, 0.25) is 0 Å². The number of nitrogens with zero attached hydrogens (tertiary/aromatic N) is 6. The quantitative estimate of drug-likeness (QED) is 0.188. The van der Waals surface area contributed by atoms with E-state index in [0.717, 1.165) is 28.0 Å². The van der Waals surface area contributed by atoms with Crippen molar-refractivity contribution in [3.05, 3.63) is 105 Å². The van der Waals surface area contributed by atoms with Crippen molar-refractivity contribution in [2.45, 2.75) is 12.6 Å². The van der Waals surface area contributed by atoms with Crippen molar-refractivity contribution in [3.8, 4) is 6.07 Å². The van der Waals surface area contributed by atoms with Gasteiger partial charge in [-0.05, 0) is 65.9 Å². The van der Waals surface area contributed by atoms with E-state index < -0.39 is 5.82 Å². The van der Waals surface area contributed by atoms with Crippen molar-refractivity contribution in [2.24, 2.45) is 0 Å². The van der Waals surface area contributed by atoms with Crippen LogP contribution in [0.2, 0.25) is 5.02 Å². The van der Waals surface area contributed by atoms with E-state index >= 15 is 0 Å². The number of rotatable bonds is 9. The van der Waals surface area contributed by atoms with Crippen LogP contribution < -0.4 is 10.6 Å². The minimum absolute atomic E-state index is 0.0152. The van der Waals surface area contributed by atoms with Crippen LogP contribution >= 0.6 is 27.5 Å². The second-order valence-corrected chi connectivity index (χ2v) is 10.8. The van der Waals surface area contributed by atoms with Gasteiger partial charge in [0.15, 0.2) is 0 Å². The van der Waals surface area contributed by atoms with Crippen molar-refractivity contribution in [1.29, 1.82) is 5.26 Å². The third kappa shape index (κ3) is 6.07. The standard InChI is InChI=1S/C29H25BrClFN8/c1-39(2)17-27(18-6-4-3-5-7-18)40-16-22(37-38-40)15-34-21-10-23-28(36-20-8-9-26(32)25(31)12-20)19(13-33)14-35-29(23)24(30)11-21/h3-12,14,16,27,34H,15,17H2,1-2H3,(H,35,36). The molecule has 202 valence electrons. The molecule has 40 heavy (non-hydrogen) atoms. The molecule has 0 aliphatic rings. The molecule has 5 rings (SSSR count). The summed E-state index contributed by atoms with van der Waals surface area (Å²) in [5.41, 5.74) is 4.82. The SMILES string of the molecule is CN(C)CC(c1ccccc1)n1cc(CNc2cc(Br)c3ncc(C#N)c(Nc4ccc(F)c(Cl)c4)c3c2)nn1. The number of halogens is 3. The summed E-state index contributed by atoms with van der Waals surface area (Å²) in [6.45, 7) is 1.21. The summed E-state index contributed by atoms with van der Waals surface area (Å²) >= 11 is 9.59. The van der Waals surface area contributed by atoms with Crippen LogP contribution in [0.25, 0.3) is 10.9 Å². The van der Waals surface area contributed by atoms with Crippen LogP contribution in [0.15, 0.2) is 77.5 Å². The molecule has 0 aliphatic heterocycles. The molecule has 2 aromatic heterocycles. The highest BCUT2D eigenvalue weighted by atomic mass is 79.9. The van der Waals surface area contributed by atoms with E-state index in [2.05, 4.69) is 65.0 Å². The van der Waals surface area contributed by atoms with Crippen molar-refractivity contribution >= 4 is 55.5 Å². The fourth-order valence-corrected chi connectivity index (χ4v) is 5.14. The number of anilines is 3. The Labute approximate surface area is 244 Å². The van der Waals surface area contributed by atoms with Crippen LogP contribution in [0.4, 0.5) is 21.5 Å². The zero-order chi connectivity index (χ0) is 28.2. The lowest BCUT2D eigenvalue weighted by Crippen LogP contribution is -2.25. The number of pyridine rings is 1. The Bertz CT molecular complexity index is 1700. The van der Waals surface area contributed by atoms with E-state index in [1.54, 1.807) is 6.07 Å². The molecular formula is C29H25BrClFN8. The summed E-state index contributed by atoms with van der Waals surface area (Å²) < 4.78 is 16.3. The molecule has 0 aliphatic carbocycles. The number of likely N-dealkylation sites (N-methyl/N-ethyl adjacent to an activating group) is 1. The molecule has 0 saturated heterocycles. The number of nitriles is 1. The molecular weight excluding hydrogens is 595 g/mol. The predicted octanol–water partition coefficient (Wildman–Crippen LogP) is 6.76. The normalized spacial score (nSPS) is 11.9. The van der Waals surface area contributed by atoms with Crippen LogP contribution in [-0.2, 0) is 6.54 Å². The maximum absolute atomic E-state index is 13.7. The Morgan fingerprint density at radius 3 is 2.65 bits per heavy atom. The molecule has 3 aromatic carbocycles. The molecule has 0 saturated carbocycles. The Morgan fingerprint density at radius 2 is 1.93 bits per heavy atom. The number of fused-ring (bicyclic) bond motifs is 1. The lowest BCUT2D eigenvalue weighted by Gasteiger charge is -2.21. The smallest absolute Gasteiger partial charge is 0.141 e. The molecule has 0 spiro atoms. The van der Waals surface area contributed by atoms with Crippen molar-refractivity contribution in [3.63, 3.8) is 0 Å². The van der Waals surface area contributed by atoms with Crippen molar-refractivity contribution in [2.75, 3.05) is 31.3 Å². The average molecular weight is 620 g/mol. The van der Waals surface area contributed by atoms with Crippen LogP contribution in [0, 0.1) is 17.1 Å². The highest BCUT2D eigenvalue weighted by Crippen LogP contribution is 2.35. The highest BCUT2D eigenvalue weighted by Gasteiger charge is 2.18. The van der Waals surface area contributed by atoms with Gasteiger partial charge in [0, 0.05) is 34.0 Å². The fourth-order valence-electron chi connectivity index (χ4n) is 4.40. The van der Waals surface area contributed by atoms with Gasteiger partial charge in [0.05, 0.1) is 40.6 Å². The third-order valence-corrected chi connectivity index (χ3v) is 7.20. The van der Waals surface area contributed by atoms with E-state index in [1.807, 2.05) is 55.3 Å². The topological polar surface area (TPSA) is 94.7 Å². The van der Waals surface area contributed by atoms with Gasteiger partial charge in [-0.3, -0.25) is 4.98 Å². The van der Waals surface area contributed by atoms with Crippen LogP contribution in [0.5, 0.6) is 0 Å². The highest BCUT2D eigenvalue weighted by molar-refractivity contribution is 9.10. The van der Waals surface area contributed by atoms with E-state index in [9.17, 15) is 9.65 Å². The van der Waals surface area contributed by atoms with Gasteiger partial charge in [0.25, 0.3) is 0 Å². The summed E-state index contributed by atoms with van der Waals surface area (Å²) in [6.07, 6.45) is 3.45. The summed E-state index contributed by atoms with van der Waals surface area (Å²) in [6, 6.07) is 20.6. The summed E-state index contributed by atoms with van der Waals surface area (Å²) in [4.78, 5) is 6.59. The molecule has 5 aromatic rings. The van der Waals surface area contributed by atoms with Crippen LogP contribution in [0.1, 0.15) is 22.9 Å². The fraction of sp³-hybridized carbons (Fsp3) is 0.172. The lowest BCUT2D eigenvalue weighted by atomic mass is 10.1. The molecule has 0 amide bonds. The van der Waals surface area contributed by atoms with E-state index in [4.69, 9.17) is 11.6 Å². The number of aromatic nitrogens is 4. The lowest BCUT2D eigenvalue weighted by molar-refractivity contribution is 0.333. The number of nitrogens with one attached hydrogen (secondary N) is 2. The van der Waals surface area contributed by atoms with Gasteiger partial charge < -0.3 is 15.5 Å². The first-order valence-electron chi connectivity index (χ1n) is 12.4. The Morgan fingerprint density at radius 1 is 1.12 bits per heavy atom. The summed E-state index contributed by atoms with van der Waals surface area (Å²) in [5.74, 6) is -0.518. The van der Waals surface area contributed by atoms with Crippen LogP contribution in [0.3, 0.4) is 0 Å². The Hall–Kier alpha value is -4.04. The van der Waals surface area contributed by atoms with E-state index in [0.29, 0.717) is 34.4 Å². The largest absolute Gasteiger partial charge is 0.379 e. The molecule has 0 bridgehead atoms. The molecule has 0 fully saturated rings. The Kier molecular flexibility index (Phi) is 8.26. The monoisotopic (exact) mass is 618 g/mol. The maximum atomic E-state index is 13.7. The van der Waals surface area contributed by atoms with E-state index in [1.165, 1.54) is 18.3 Å². The van der Waals surface area contributed by atoms with Crippen molar-refractivity contribution < 1.29 is 4.39 Å². The van der Waals surface area contributed by atoms with Crippen LogP contribution in [-0.4, -0.2) is 45.5 Å². The van der Waals surface area contributed by atoms with E-state index in [-0.39, 0.29) is 11.1 Å². The molecule has 8 nitrogen and oxygen atoms in total. The first-order chi connectivity index (χ1) is 19.3. The molecule has 0 radical (unpaired) electrons. The molecule has 2 heterocycles. The maximum Gasteiger partial charge on any atom is 0.141 e. The summed E-state index contributed by atoms with van der Waals surface area (Å²) in [7, 11) is 4.07. The second kappa shape index (κ2) is 12.0. The molecule has 11 heteroatoms. The minimum atomic E-state index is -0.518. The first kappa shape index (κ1) is 27.5. The summed E-state index contributed by atoms with van der Waals surface area (Å²) in [5, 5.41) is 25.9. The molecule has 1 unspecified atom stereocenters. The van der Waals surface area contributed by atoms with Gasteiger partial charge in [-0.25, -0.2) is 9.07 Å². The molecule has 1 atom stereocenters. The number of hydrogen-bond acceptors (Lipinski definition) is 7. The molecule has 2 N–H and O–H groups in total. The van der Waals surface area contributed by atoms with Gasteiger partial charge in [0.1, 0.15) is 17.6 Å².